The van der Waals surface area contributed by atoms with Gasteiger partial charge in [-0.3, -0.25) is 4.79 Å². The maximum atomic E-state index is 11.5. The lowest BCUT2D eigenvalue weighted by Crippen LogP contribution is -2.03. The monoisotopic (exact) mass is 220 g/mol. The first-order valence-corrected chi connectivity index (χ1v) is 5.59. The molecule has 1 aliphatic rings. The van der Waals surface area contributed by atoms with Gasteiger partial charge in [0.25, 0.3) is 0 Å². The van der Waals surface area contributed by atoms with Gasteiger partial charge in [-0.25, -0.2) is 0 Å². The summed E-state index contributed by atoms with van der Waals surface area (Å²) in [7, 11) is 1.68. The van der Waals surface area contributed by atoms with Crippen molar-refractivity contribution in [3.05, 3.63) is 29.3 Å². The summed E-state index contributed by atoms with van der Waals surface area (Å²) < 4.78 is 10.6. The second-order valence-corrected chi connectivity index (χ2v) is 3.90. The highest BCUT2D eigenvalue weighted by Crippen LogP contribution is 2.30. The summed E-state index contributed by atoms with van der Waals surface area (Å²) in [6.45, 7) is 1.34. The number of Topliss-reactive ketones (excluding diaryl/α,β-unsaturated/α-hetero) is 1. The molecule has 0 fully saturated rings. The Hall–Kier alpha value is -1.35. The molecule has 0 aromatic heterocycles. The van der Waals surface area contributed by atoms with E-state index in [0.29, 0.717) is 19.6 Å². The van der Waals surface area contributed by atoms with Crippen LogP contribution in [0.1, 0.15) is 28.8 Å². The number of rotatable bonds is 5. The van der Waals surface area contributed by atoms with Crippen LogP contribution in [0.3, 0.4) is 0 Å². The third-order valence-electron chi connectivity index (χ3n) is 2.79. The minimum absolute atomic E-state index is 0.234. The number of hydrogen-bond donors (Lipinski definition) is 0. The zero-order chi connectivity index (χ0) is 11.4. The van der Waals surface area contributed by atoms with Crippen molar-refractivity contribution in [2.75, 3.05) is 20.3 Å². The second-order valence-electron chi connectivity index (χ2n) is 3.90. The van der Waals surface area contributed by atoms with Gasteiger partial charge in [-0.2, -0.15) is 0 Å². The number of carbonyl (C=O) groups is 1. The van der Waals surface area contributed by atoms with E-state index in [1.165, 1.54) is 0 Å². The van der Waals surface area contributed by atoms with Crippen molar-refractivity contribution in [2.45, 2.75) is 19.3 Å². The predicted octanol–water partition coefficient (Wildman–Crippen LogP) is 2.23. The Kier molecular flexibility index (Phi) is 3.57. The number of fused-ring (bicyclic) bond motifs is 1. The highest BCUT2D eigenvalue weighted by atomic mass is 16.5. The number of carbonyl (C=O) groups excluding carboxylic acids is 1. The molecule has 3 nitrogen and oxygen atoms in total. The van der Waals surface area contributed by atoms with Crippen molar-refractivity contribution < 1.29 is 14.3 Å². The normalized spacial score (nSPS) is 13.9. The van der Waals surface area contributed by atoms with Crippen LogP contribution in [0.2, 0.25) is 0 Å². The first kappa shape index (κ1) is 11.1. The zero-order valence-corrected chi connectivity index (χ0v) is 9.49. The fourth-order valence-electron chi connectivity index (χ4n) is 1.98. The van der Waals surface area contributed by atoms with Crippen LogP contribution in [0.5, 0.6) is 5.75 Å². The molecule has 86 valence electrons. The lowest BCUT2D eigenvalue weighted by molar-refractivity contribution is 0.0994. The van der Waals surface area contributed by atoms with Crippen LogP contribution in [-0.4, -0.2) is 26.1 Å². The van der Waals surface area contributed by atoms with Gasteiger partial charge in [0.05, 0.1) is 6.61 Å². The van der Waals surface area contributed by atoms with Crippen molar-refractivity contribution in [3.8, 4) is 5.75 Å². The van der Waals surface area contributed by atoms with Gasteiger partial charge in [0, 0.05) is 37.7 Å². The third-order valence-corrected chi connectivity index (χ3v) is 2.79. The Bertz CT molecular complexity index is 385. The van der Waals surface area contributed by atoms with Crippen LogP contribution in [0.4, 0.5) is 0 Å². The first-order valence-electron chi connectivity index (χ1n) is 5.59. The number of ether oxygens (including phenoxy) is 2. The molecule has 0 bridgehead atoms. The average Bonchev–Trinajstić information content (AvgIpc) is 2.68. The molecular formula is C13H16O3. The lowest BCUT2D eigenvalue weighted by atomic mass is 10.1. The molecule has 16 heavy (non-hydrogen) atoms. The van der Waals surface area contributed by atoms with Crippen LogP contribution in [-0.2, 0) is 11.2 Å². The summed E-state index contributed by atoms with van der Waals surface area (Å²) >= 11 is 0. The molecule has 0 saturated heterocycles. The minimum atomic E-state index is 0.234. The third kappa shape index (κ3) is 2.25. The largest absolute Gasteiger partial charge is 0.493 e. The van der Waals surface area contributed by atoms with Gasteiger partial charge in [-0.05, 0) is 12.5 Å². The summed E-state index contributed by atoms with van der Waals surface area (Å²) in [6.07, 6.45) is 2.30. The quantitative estimate of drug-likeness (QED) is 0.714. The van der Waals surface area contributed by atoms with Crippen molar-refractivity contribution in [3.63, 3.8) is 0 Å². The molecule has 0 N–H and O–H groups in total. The SMILES string of the molecule is COCCCOc1cccc2c1CCC2=O. The van der Waals surface area contributed by atoms with Gasteiger partial charge in [-0.1, -0.05) is 12.1 Å². The highest BCUT2D eigenvalue weighted by Gasteiger charge is 2.22. The van der Waals surface area contributed by atoms with Crippen molar-refractivity contribution >= 4 is 5.78 Å². The van der Waals surface area contributed by atoms with Crippen molar-refractivity contribution in [2.24, 2.45) is 0 Å². The van der Waals surface area contributed by atoms with Gasteiger partial charge >= 0.3 is 0 Å². The summed E-state index contributed by atoms with van der Waals surface area (Å²) in [5.74, 6) is 1.09. The molecule has 0 heterocycles. The van der Waals surface area contributed by atoms with Crippen molar-refractivity contribution in [1.82, 2.24) is 0 Å². The Labute approximate surface area is 95.4 Å². The van der Waals surface area contributed by atoms with Crippen LogP contribution in [0.25, 0.3) is 0 Å². The molecule has 0 atom stereocenters. The van der Waals surface area contributed by atoms with Crippen LogP contribution in [0, 0.1) is 0 Å². The van der Waals surface area contributed by atoms with E-state index in [2.05, 4.69) is 0 Å². The number of hydrogen-bond acceptors (Lipinski definition) is 3. The molecule has 0 saturated carbocycles. The molecule has 1 aliphatic carbocycles. The maximum absolute atomic E-state index is 11.5. The maximum Gasteiger partial charge on any atom is 0.163 e. The molecule has 0 spiro atoms. The highest BCUT2D eigenvalue weighted by molar-refractivity contribution is 6.01. The molecule has 0 amide bonds. The fraction of sp³-hybridized carbons (Fsp3) is 0.462. The van der Waals surface area contributed by atoms with E-state index >= 15 is 0 Å². The Morgan fingerprint density at radius 1 is 1.25 bits per heavy atom. The van der Waals surface area contributed by atoms with Crippen LogP contribution >= 0.6 is 0 Å². The predicted molar refractivity (Wildman–Crippen MR) is 61.1 cm³/mol. The molecular weight excluding hydrogens is 204 g/mol. The van der Waals surface area contributed by atoms with E-state index in [-0.39, 0.29) is 5.78 Å². The molecule has 1 aromatic carbocycles. The van der Waals surface area contributed by atoms with E-state index in [4.69, 9.17) is 9.47 Å². The minimum Gasteiger partial charge on any atom is -0.493 e. The van der Waals surface area contributed by atoms with Gasteiger partial charge in [-0.15, -0.1) is 0 Å². The van der Waals surface area contributed by atoms with E-state index in [1.807, 2.05) is 18.2 Å². The molecule has 2 rings (SSSR count). The molecule has 0 unspecified atom stereocenters. The molecule has 0 aliphatic heterocycles. The van der Waals surface area contributed by atoms with Gasteiger partial charge < -0.3 is 9.47 Å². The standard InChI is InChI=1S/C13H16O3/c1-15-8-3-9-16-13-5-2-4-10-11(13)6-7-12(10)14/h2,4-5H,3,6-9H2,1H3. The summed E-state index contributed by atoms with van der Waals surface area (Å²) in [5, 5.41) is 0. The topological polar surface area (TPSA) is 35.5 Å². The van der Waals surface area contributed by atoms with Gasteiger partial charge in [0.1, 0.15) is 5.75 Å². The number of methoxy groups -OCH3 is 1. The van der Waals surface area contributed by atoms with E-state index < -0.39 is 0 Å². The Balaban J connectivity index is 2.02. The molecule has 3 heteroatoms. The van der Waals surface area contributed by atoms with E-state index in [0.717, 1.165) is 29.7 Å². The zero-order valence-electron chi connectivity index (χ0n) is 9.49. The summed E-state index contributed by atoms with van der Waals surface area (Å²) in [5.41, 5.74) is 1.91. The molecule has 1 aromatic rings. The average molecular weight is 220 g/mol. The first-order chi connectivity index (χ1) is 7.83. The smallest absolute Gasteiger partial charge is 0.163 e. The van der Waals surface area contributed by atoms with E-state index in [9.17, 15) is 4.79 Å². The lowest BCUT2D eigenvalue weighted by Gasteiger charge is -2.09. The van der Waals surface area contributed by atoms with Gasteiger partial charge in [0.2, 0.25) is 0 Å². The van der Waals surface area contributed by atoms with E-state index in [1.54, 1.807) is 7.11 Å². The Morgan fingerprint density at radius 2 is 2.12 bits per heavy atom. The van der Waals surface area contributed by atoms with Crippen molar-refractivity contribution in [1.29, 1.82) is 0 Å². The number of ketones is 1. The van der Waals surface area contributed by atoms with Crippen LogP contribution in [0.15, 0.2) is 18.2 Å². The molecule has 0 radical (unpaired) electrons. The summed E-state index contributed by atoms with van der Waals surface area (Å²) in [6, 6.07) is 5.70. The van der Waals surface area contributed by atoms with Crippen LogP contribution < -0.4 is 4.74 Å². The second kappa shape index (κ2) is 5.12. The number of benzene rings is 1. The summed E-state index contributed by atoms with van der Waals surface area (Å²) in [4.78, 5) is 11.5. The van der Waals surface area contributed by atoms with Gasteiger partial charge in [0.15, 0.2) is 5.78 Å². The fourth-order valence-corrected chi connectivity index (χ4v) is 1.98. The Morgan fingerprint density at radius 3 is 2.94 bits per heavy atom.